The minimum Gasteiger partial charge on any atom is -0.377 e. The maximum absolute atomic E-state index is 13.4. The Morgan fingerprint density at radius 2 is 2.06 bits per heavy atom. The van der Waals surface area contributed by atoms with Crippen molar-refractivity contribution in [3.63, 3.8) is 0 Å². The number of aromatic nitrogens is 2. The Balaban J connectivity index is 1.51. The molecule has 3 amide bonds. The van der Waals surface area contributed by atoms with Gasteiger partial charge in [0.2, 0.25) is 0 Å². The van der Waals surface area contributed by atoms with Crippen LogP contribution in [0.5, 0.6) is 0 Å². The van der Waals surface area contributed by atoms with Gasteiger partial charge in [0.15, 0.2) is 11.6 Å². The maximum Gasteiger partial charge on any atom is 0.318 e. The first kappa shape index (κ1) is 19.7. The molecule has 1 unspecified atom stereocenters. The zero-order valence-corrected chi connectivity index (χ0v) is 17.7. The van der Waals surface area contributed by atoms with Crippen molar-refractivity contribution in [3.05, 3.63) is 30.5 Å². The molecule has 9 heteroatoms. The molecule has 3 aliphatic rings. The second-order valence-electron chi connectivity index (χ2n) is 8.52. The van der Waals surface area contributed by atoms with Crippen molar-refractivity contribution in [1.29, 1.82) is 0 Å². The van der Waals surface area contributed by atoms with Gasteiger partial charge in [-0.05, 0) is 49.9 Å². The van der Waals surface area contributed by atoms with Gasteiger partial charge in [-0.25, -0.2) is 14.8 Å². The minimum atomic E-state index is -0.757. The number of amides is 3. The van der Waals surface area contributed by atoms with Crippen LogP contribution in [0.2, 0.25) is 0 Å². The van der Waals surface area contributed by atoms with E-state index in [2.05, 4.69) is 20.5 Å². The fourth-order valence-corrected chi connectivity index (χ4v) is 4.20. The third-order valence-electron chi connectivity index (χ3n) is 6.21. The third-order valence-corrected chi connectivity index (χ3v) is 6.21. The van der Waals surface area contributed by atoms with Gasteiger partial charge >= 0.3 is 6.03 Å². The molecule has 0 spiro atoms. The average molecular weight is 422 g/mol. The summed E-state index contributed by atoms with van der Waals surface area (Å²) in [5.74, 6) is 1.98. The number of carbonyl (C=O) groups is 2. The lowest BCUT2D eigenvalue weighted by Crippen LogP contribution is -2.67. The SMILES string of the molecule is CNC(=O)Nc1ccc(-c2ncc3c(n2)N2CCOCC2(C)C(=O)N3CC2CC2)cc1. The van der Waals surface area contributed by atoms with Crippen LogP contribution in [-0.4, -0.2) is 60.8 Å². The Morgan fingerprint density at radius 3 is 2.77 bits per heavy atom. The van der Waals surface area contributed by atoms with Crippen molar-refractivity contribution < 1.29 is 14.3 Å². The lowest BCUT2D eigenvalue weighted by atomic mass is 9.93. The number of ether oxygens (including phenoxy) is 1. The number of morpholine rings is 1. The second kappa shape index (κ2) is 7.49. The molecule has 2 aromatic rings. The number of nitrogens with one attached hydrogen (secondary N) is 2. The molecule has 2 fully saturated rings. The molecule has 9 nitrogen and oxygen atoms in total. The fraction of sp³-hybridized carbons (Fsp3) is 0.455. The van der Waals surface area contributed by atoms with E-state index in [0.29, 0.717) is 43.7 Å². The van der Waals surface area contributed by atoms with Crippen LogP contribution in [0.15, 0.2) is 30.5 Å². The van der Waals surface area contributed by atoms with Gasteiger partial charge in [0, 0.05) is 31.4 Å². The van der Waals surface area contributed by atoms with Crippen LogP contribution in [-0.2, 0) is 9.53 Å². The number of fused-ring (bicyclic) bond motifs is 3. The first-order valence-corrected chi connectivity index (χ1v) is 10.6. The van der Waals surface area contributed by atoms with Crippen LogP contribution in [0, 0.1) is 5.92 Å². The van der Waals surface area contributed by atoms with Gasteiger partial charge in [0.05, 0.1) is 19.4 Å². The van der Waals surface area contributed by atoms with Gasteiger partial charge in [0.1, 0.15) is 11.2 Å². The standard InChI is InChI=1S/C22H26N6O3/c1-22-13-31-10-9-28(22)19-17(27(20(22)29)12-14-3-4-14)11-24-18(26-19)15-5-7-16(8-6-15)25-21(30)23-2/h5-8,11,14H,3-4,9-10,12-13H2,1-2H3,(H2,23,25,30). The molecule has 1 aromatic heterocycles. The molecule has 31 heavy (non-hydrogen) atoms. The van der Waals surface area contributed by atoms with Crippen molar-refractivity contribution in [1.82, 2.24) is 15.3 Å². The van der Waals surface area contributed by atoms with E-state index in [9.17, 15) is 9.59 Å². The van der Waals surface area contributed by atoms with Gasteiger partial charge < -0.3 is 25.2 Å². The van der Waals surface area contributed by atoms with Gasteiger partial charge in [-0.2, -0.15) is 0 Å². The molecular formula is C22H26N6O3. The largest absolute Gasteiger partial charge is 0.377 e. The number of hydrogen-bond acceptors (Lipinski definition) is 6. The Morgan fingerprint density at radius 1 is 1.29 bits per heavy atom. The smallest absolute Gasteiger partial charge is 0.318 e. The number of nitrogens with zero attached hydrogens (tertiary/aromatic N) is 4. The van der Waals surface area contributed by atoms with E-state index in [1.807, 2.05) is 36.1 Å². The molecule has 1 aromatic carbocycles. The number of urea groups is 1. The van der Waals surface area contributed by atoms with Crippen LogP contribution < -0.4 is 20.4 Å². The Kier molecular flexibility index (Phi) is 4.77. The lowest BCUT2D eigenvalue weighted by molar-refractivity contribution is -0.127. The highest BCUT2D eigenvalue weighted by Gasteiger charge is 2.51. The molecule has 1 aliphatic carbocycles. The monoisotopic (exact) mass is 422 g/mol. The van der Waals surface area contributed by atoms with Gasteiger partial charge in [-0.3, -0.25) is 4.79 Å². The van der Waals surface area contributed by atoms with E-state index in [1.54, 1.807) is 13.2 Å². The predicted octanol–water partition coefficient (Wildman–Crippen LogP) is 2.25. The highest BCUT2D eigenvalue weighted by molar-refractivity contribution is 6.08. The summed E-state index contributed by atoms with van der Waals surface area (Å²) in [6.45, 7) is 4.17. The zero-order valence-electron chi connectivity index (χ0n) is 17.7. The van der Waals surface area contributed by atoms with Crippen LogP contribution in [0.3, 0.4) is 0 Å². The van der Waals surface area contributed by atoms with Gasteiger partial charge in [0.25, 0.3) is 5.91 Å². The van der Waals surface area contributed by atoms with E-state index in [1.165, 1.54) is 0 Å². The lowest BCUT2D eigenvalue weighted by Gasteiger charge is -2.50. The van der Waals surface area contributed by atoms with E-state index in [0.717, 1.165) is 29.9 Å². The minimum absolute atomic E-state index is 0.0626. The number of carbonyl (C=O) groups excluding carboxylic acids is 2. The zero-order chi connectivity index (χ0) is 21.6. The average Bonchev–Trinajstić information content (AvgIpc) is 3.61. The van der Waals surface area contributed by atoms with E-state index in [-0.39, 0.29) is 11.9 Å². The first-order chi connectivity index (χ1) is 15.0. The maximum atomic E-state index is 13.4. The summed E-state index contributed by atoms with van der Waals surface area (Å²) in [6, 6.07) is 7.11. The summed E-state index contributed by atoms with van der Waals surface area (Å²) < 4.78 is 5.69. The molecule has 0 radical (unpaired) electrons. The van der Waals surface area contributed by atoms with Crippen LogP contribution >= 0.6 is 0 Å². The molecule has 5 rings (SSSR count). The van der Waals surface area contributed by atoms with Gasteiger partial charge in [-0.1, -0.05) is 0 Å². The summed E-state index contributed by atoms with van der Waals surface area (Å²) in [4.78, 5) is 38.3. The first-order valence-electron chi connectivity index (χ1n) is 10.6. The second-order valence-corrected chi connectivity index (χ2v) is 8.52. The summed E-state index contributed by atoms with van der Waals surface area (Å²) in [7, 11) is 1.57. The molecule has 2 N–H and O–H groups in total. The third kappa shape index (κ3) is 3.48. The van der Waals surface area contributed by atoms with E-state index >= 15 is 0 Å². The van der Waals surface area contributed by atoms with E-state index in [4.69, 9.17) is 9.72 Å². The number of anilines is 3. The summed E-state index contributed by atoms with van der Waals surface area (Å²) in [5.41, 5.74) is 1.54. The van der Waals surface area contributed by atoms with Crippen LogP contribution in [0.1, 0.15) is 19.8 Å². The molecule has 1 saturated carbocycles. The van der Waals surface area contributed by atoms with Crippen molar-refractivity contribution in [2.45, 2.75) is 25.3 Å². The summed E-state index contributed by atoms with van der Waals surface area (Å²) >= 11 is 0. The van der Waals surface area contributed by atoms with Gasteiger partial charge in [-0.15, -0.1) is 0 Å². The van der Waals surface area contributed by atoms with Crippen molar-refractivity contribution >= 4 is 29.1 Å². The van der Waals surface area contributed by atoms with Crippen LogP contribution in [0.25, 0.3) is 11.4 Å². The molecule has 1 saturated heterocycles. The molecule has 1 atom stereocenters. The van der Waals surface area contributed by atoms with Crippen LogP contribution in [0.4, 0.5) is 22.0 Å². The Hall–Kier alpha value is -3.20. The number of benzene rings is 1. The Labute approximate surface area is 180 Å². The molecule has 0 bridgehead atoms. The number of hydrogen-bond donors (Lipinski definition) is 2. The molecule has 162 valence electrons. The van der Waals surface area contributed by atoms with Crippen molar-refractivity contribution in [3.8, 4) is 11.4 Å². The Bertz CT molecular complexity index is 1020. The van der Waals surface area contributed by atoms with E-state index < -0.39 is 5.54 Å². The van der Waals surface area contributed by atoms with Crippen molar-refractivity contribution in [2.24, 2.45) is 5.92 Å². The fourth-order valence-electron chi connectivity index (χ4n) is 4.20. The highest BCUT2D eigenvalue weighted by Crippen LogP contribution is 2.43. The normalized spacial score (nSPS) is 22.6. The molecule has 2 aliphatic heterocycles. The summed E-state index contributed by atoms with van der Waals surface area (Å²) in [5, 5.41) is 5.27. The predicted molar refractivity (Wildman–Crippen MR) is 117 cm³/mol. The number of rotatable bonds is 4. The quantitative estimate of drug-likeness (QED) is 0.784. The summed E-state index contributed by atoms with van der Waals surface area (Å²) in [6.07, 6.45) is 4.08. The molecule has 3 heterocycles. The molecular weight excluding hydrogens is 396 g/mol. The highest BCUT2D eigenvalue weighted by atomic mass is 16.5. The van der Waals surface area contributed by atoms with Crippen molar-refractivity contribution in [2.75, 3.05) is 48.5 Å². The topological polar surface area (TPSA) is 99.7 Å².